The van der Waals surface area contributed by atoms with E-state index in [0.29, 0.717) is 24.4 Å². The highest BCUT2D eigenvalue weighted by atomic mass is 27.2. The summed E-state index contributed by atoms with van der Waals surface area (Å²) in [6, 6.07) is 0. The second-order valence-electron chi connectivity index (χ2n) is 19.7. The fourth-order valence-corrected chi connectivity index (χ4v) is 17.7. The van der Waals surface area contributed by atoms with Crippen LogP contribution in [0, 0.1) is 193 Å². The van der Waals surface area contributed by atoms with Gasteiger partial charge in [-0.1, -0.05) is 26.7 Å². The van der Waals surface area contributed by atoms with Crippen LogP contribution in [-0.4, -0.2) is 26.2 Å². The Balaban J connectivity index is 0.000000423. The molecule has 0 heterocycles. The lowest BCUT2D eigenvalue weighted by molar-refractivity contribution is -0.835. The molecule has 0 saturated heterocycles. The molecule has 0 fully saturated rings. The highest BCUT2D eigenvalue weighted by molar-refractivity contribution is 7.23. The standard InChI is InChI=1S/C16H23F4N.4C10F7.Al/c1-4-6-7-8-10-21(9-5-2)16-13(18)11(3)12(17)14(19)15(16)20;4*11-3-1-2-4(7(14)6(3)13)8(15)10(17)9(16)5(2)12;/h4-10H2,1-3H3;;;;;/q;;;;;-1/p+1. The number of hydrogen-bond acceptors (Lipinski definition) is 0. The fourth-order valence-electron chi connectivity index (χ4n) is 11.1. The molecule has 0 aliphatic heterocycles. The predicted octanol–water partition coefficient (Wildman–Crippen LogP) is 15.6. The van der Waals surface area contributed by atoms with Crippen LogP contribution in [0.15, 0.2) is 0 Å². The second kappa shape index (κ2) is 24.5. The molecule has 0 aromatic heterocycles. The summed E-state index contributed by atoms with van der Waals surface area (Å²) in [5, 5.41) is -26.7. The van der Waals surface area contributed by atoms with E-state index in [-0.39, 0.29) is 5.69 Å². The first-order chi connectivity index (χ1) is 41.9. The lowest BCUT2D eigenvalue weighted by atomic mass is 10.1. The molecule has 1 atom stereocenters. The van der Waals surface area contributed by atoms with Crippen LogP contribution in [0.25, 0.3) is 43.1 Å². The summed E-state index contributed by atoms with van der Waals surface area (Å²) in [5.41, 5.74) is -0.809. The van der Waals surface area contributed by atoms with Crippen LogP contribution in [0.2, 0.25) is 0 Å². The number of halogens is 32. The maximum Gasteiger partial charge on any atom is 0.286 e. The number of unbranched alkanes of at least 4 members (excludes halogenated alkanes) is 3. The molecule has 0 aliphatic rings. The molecular formula is C56H24AlF32N. The Hall–Kier alpha value is -7.73. The van der Waals surface area contributed by atoms with Gasteiger partial charge in [-0.25, -0.2) is 132 Å². The molecule has 1 N–H and O–H groups in total. The van der Waals surface area contributed by atoms with Gasteiger partial charge in [0.1, 0.15) is 23.3 Å². The van der Waals surface area contributed by atoms with Gasteiger partial charge in [0.2, 0.25) is 17.3 Å². The quantitative estimate of drug-likeness (QED) is 0.0409. The Bertz CT molecular complexity index is 4050. The summed E-state index contributed by atoms with van der Waals surface area (Å²) in [7, 11) is 0. The van der Waals surface area contributed by atoms with Crippen LogP contribution in [-0.2, 0) is 0 Å². The maximum atomic E-state index is 17.3. The zero-order valence-electron chi connectivity index (χ0n) is 44.1. The minimum atomic E-state index is -10.2. The minimum absolute atomic E-state index is 0.357. The second-order valence-corrected chi connectivity index (χ2v) is 23.8. The fraction of sp³-hybridized carbons (Fsp3) is 0.179. The average Bonchev–Trinajstić information content (AvgIpc) is 0.663. The minimum Gasteiger partial charge on any atom is -0.297 e. The van der Waals surface area contributed by atoms with Crippen molar-refractivity contribution in [3.8, 4) is 0 Å². The first kappa shape index (κ1) is 68.2. The van der Waals surface area contributed by atoms with Gasteiger partial charge < -0.3 is 0 Å². The van der Waals surface area contributed by atoms with Crippen molar-refractivity contribution in [2.75, 3.05) is 13.1 Å². The van der Waals surface area contributed by atoms with Gasteiger partial charge in [-0.15, -0.1) is 0 Å². The molecule has 0 spiro atoms. The van der Waals surface area contributed by atoms with Crippen molar-refractivity contribution in [1.29, 1.82) is 0 Å². The number of nitrogens with one attached hydrogen (secondary N) is 1. The van der Waals surface area contributed by atoms with Crippen LogP contribution >= 0.6 is 0 Å². The Morgan fingerprint density at radius 1 is 0.211 bits per heavy atom. The monoisotopic (exact) mass is 1350 g/mol. The summed E-state index contributed by atoms with van der Waals surface area (Å²) in [6.07, 6.45) is 4.60. The molecular weight excluding hydrogens is 1320 g/mol. The van der Waals surface area contributed by atoms with E-state index in [2.05, 4.69) is 6.92 Å². The molecule has 9 aromatic rings. The van der Waals surface area contributed by atoms with Crippen molar-refractivity contribution < 1.29 is 145 Å². The van der Waals surface area contributed by atoms with Gasteiger partial charge in [0.25, 0.3) is 13.1 Å². The number of hydrogen-bond donors (Lipinski definition) is 1. The predicted molar refractivity (Wildman–Crippen MR) is 255 cm³/mol. The molecule has 0 saturated carbocycles. The van der Waals surface area contributed by atoms with Crippen molar-refractivity contribution in [2.24, 2.45) is 0 Å². The number of rotatable bonds is 12. The van der Waals surface area contributed by atoms with Crippen molar-refractivity contribution >= 4 is 79.6 Å². The summed E-state index contributed by atoms with van der Waals surface area (Å²) in [5.74, 6) is -109. The van der Waals surface area contributed by atoms with Crippen LogP contribution in [0.4, 0.5) is 146 Å². The molecule has 1 nitrogen and oxygen atoms in total. The largest absolute Gasteiger partial charge is 0.297 e. The van der Waals surface area contributed by atoms with E-state index in [9.17, 15) is 35.1 Å². The first-order valence-electron chi connectivity index (χ1n) is 25.1. The van der Waals surface area contributed by atoms with E-state index in [4.69, 9.17) is 0 Å². The van der Waals surface area contributed by atoms with Crippen molar-refractivity contribution in [1.82, 2.24) is 0 Å². The average molecular weight is 1350 g/mol. The van der Waals surface area contributed by atoms with Crippen LogP contribution < -0.4 is 22.6 Å². The summed E-state index contributed by atoms with van der Waals surface area (Å²) >= 11 is -10.2. The van der Waals surface area contributed by atoms with E-state index in [0.717, 1.165) is 32.6 Å². The highest BCUT2D eigenvalue weighted by Crippen LogP contribution is 2.42. The summed E-state index contributed by atoms with van der Waals surface area (Å²) in [6.45, 7) is 6.12. The van der Waals surface area contributed by atoms with Gasteiger partial charge in [-0.2, -0.15) is 26.5 Å². The lowest BCUT2D eigenvalue weighted by Gasteiger charge is -2.44. The molecule has 0 amide bonds. The van der Waals surface area contributed by atoms with Crippen LogP contribution in [0.5, 0.6) is 0 Å². The van der Waals surface area contributed by atoms with E-state index < -0.39 is 266 Å². The summed E-state index contributed by atoms with van der Waals surface area (Å²) in [4.78, 5) is 0.547. The summed E-state index contributed by atoms with van der Waals surface area (Å²) < 4.78 is 487. The molecule has 0 aliphatic carbocycles. The third-order valence-corrected chi connectivity index (χ3v) is 20.6. The van der Waals surface area contributed by atoms with E-state index >= 15 is 105 Å². The molecule has 0 bridgehead atoms. The van der Waals surface area contributed by atoms with Crippen molar-refractivity contribution in [2.45, 2.75) is 52.9 Å². The Morgan fingerprint density at radius 2 is 0.433 bits per heavy atom. The van der Waals surface area contributed by atoms with Gasteiger partial charge in [0, 0.05) is 5.56 Å². The van der Waals surface area contributed by atoms with Gasteiger partial charge in [-0.3, -0.25) is 4.90 Å². The van der Waals surface area contributed by atoms with Gasteiger partial charge >= 0.3 is 0 Å². The maximum absolute atomic E-state index is 17.3. The van der Waals surface area contributed by atoms with Crippen LogP contribution in [0.3, 0.4) is 0 Å². The van der Waals surface area contributed by atoms with E-state index in [1.807, 2.05) is 6.92 Å². The zero-order chi connectivity index (χ0) is 67.6. The molecule has 480 valence electrons. The zero-order valence-corrected chi connectivity index (χ0v) is 45.3. The normalized spacial score (nSPS) is 12.4. The Kier molecular flexibility index (Phi) is 18.5. The molecule has 34 heteroatoms. The third kappa shape index (κ3) is 9.60. The molecule has 90 heavy (non-hydrogen) atoms. The lowest BCUT2D eigenvalue weighted by Crippen LogP contribution is -3.07. The SMILES string of the molecule is CCCCCC[NH+](CCC)c1c(F)c(C)c(F)c(F)c1F.Fc1c(F)c(F)c2[c]([Al-]([c]3c(F)c(F)c(F)c4c(F)c(F)c(F)c(F)c34)([c]3c(F)c(F)c(F)c4c(F)c(F)c(F)c(F)c34)[c]3c(F)c(F)c(F)c4c(F)c(F)c(F)c(F)c34)c(F)c(F)c(F)c2c1F. The number of quaternary nitrogens is 1. The van der Waals surface area contributed by atoms with Crippen molar-refractivity contribution in [3.63, 3.8) is 0 Å². The van der Waals surface area contributed by atoms with E-state index in [1.165, 1.54) is 0 Å². The third-order valence-electron chi connectivity index (χ3n) is 15.0. The molecule has 9 aromatic carbocycles. The van der Waals surface area contributed by atoms with Crippen molar-refractivity contribution in [3.05, 3.63) is 192 Å². The Morgan fingerprint density at radius 3 is 0.667 bits per heavy atom. The molecule has 1 unspecified atom stereocenters. The number of fused-ring (bicyclic) bond motifs is 4. The Labute approximate surface area is 481 Å². The van der Waals surface area contributed by atoms with Crippen LogP contribution in [0.1, 0.15) is 51.5 Å². The number of benzene rings is 9. The first-order valence-corrected chi connectivity index (χ1v) is 27.4. The van der Waals surface area contributed by atoms with Gasteiger partial charge in [-0.05, 0) is 47.7 Å². The van der Waals surface area contributed by atoms with Gasteiger partial charge in [0.15, 0.2) is 151 Å². The smallest absolute Gasteiger partial charge is 0.286 e. The van der Waals surface area contributed by atoms with Gasteiger partial charge in [0.05, 0.1) is 34.6 Å². The molecule has 9 rings (SSSR count). The highest BCUT2D eigenvalue weighted by Gasteiger charge is 2.55. The molecule has 0 radical (unpaired) electrons. The van der Waals surface area contributed by atoms with E-state index in [1.54, 1.807) is 0 Å². The topological polar surface area (TPSA) is 4.44 Å².